The van der Waals surface area contributed by atoms with Gasteiger partial charge in [-0.2, -0.15) is 0 Å². The predicted molar refractivity (Wildman–Crippen MR) is 61.1 cm³/mol. The van der Waals surface area contributed by atoms with Gasteiger partial charge in [0.25, 0.3) is 0 Å². The molecule has 1 aliphatic heterocycles. The Morgan fingerprint density at radius 2 is 2.19 bits per heavy atom. The SMILES string of the molecule is Nc1cc2ncoc2nc1C1CCNCC1. The highest BCUT2D eigenvalue weighted by atomic mass is 16.3. The van der Waals surface area contributed by atoms with Gasteiger partial charge in [0.15, 0.2) is 6.39 Å². The van der Waals surface area contributed by atoms with Gasteiger partial charge in [0.05, 0.1) is 11.4 Å². The second-order valence-corrected chi connectivity index (χ2v) is 4.16. The van der Waals surface area contributed by atoms with Gasteiger partial charge < -0.3 is 15.5 Å². The Balaban J connectivity index is 2.03. The van der Waals surface area contributed by atoms with E-state index in [1.54, 1.807) is 0 Å². The van der Waals surface area contributed by atoms with E-state index in [1.165, 1.54) is 6.39 Å². The average Bonchev–Trinajstić information content (AvgIpc) is 2.76. The minimum atomic E-state index is 0.441. The van der Waals surface area contributed by atoms with Crippen molar-refractivity contribution >= 4 is 16.9 Å². The van der Waals surface area contributed by atoms with Gasteiger partial charge in [-0.1, -0.05) is 0 Å². The number of rotatable bonds is 1. The van der Waals surface area contributed by atoms with Crippen molar-refractivity contribution in [2.24, 2.45) is 0 Å². The van der Waals surface area contributed by atoms with Crippen molar-refractivity contribution in [3.05, 3.63) is 18.2 Å². The molecular weight excluding hydrogens is 204 g/mol. The van der Waals surface area contributed by atoms with Crippen molar-refractivity contribution in [1.82, 2.24) is 15.3 Å². The van der Waals surface area contributed by atoms with Crippen LogP contribution in [0.5, 0.6) is 0 Å². The fraction of sp³-hybridized carbons (Fsp3) is 0.455. The molecule has 16 heavy (non-hydrogen) atoms. The van der Waals surface area contributed by atoms with E-state index in [4.69, 9.17) is 10.2 Å². The van der Waals surface area contributed by atoms with Crippen molar-refractivity contribution < 1.29 is 4.42 Å². The molecule has 3 heterocycles. The normalized spacial score (nSPS) is 18.0. The number of nitrogens with two attached hydrogens (primary N) is 1. The van der Waals surface area contributed by atoms with Crippen LogP contribution in [-0.2, 0) is 0 Å². The Bertz CT molecular complexity index is 502. The third kappa shape index (κ3) is 1.53. The Kier molecular flexibility index (Phi) is 2.25. The van der Waals surface area contributed by atoms with Crippen LogP contribution >= 0.6 is 0 Å². The number of pyridine rings is 1. The Labute approximate surface area is 93.1 Å². The molecule has 5 nitrogen and oxygen atoms in total. The molecule has 84 valence electrons. The summed E-state index contributed by atoms with van der Waals surface area (Å²) in [6, 6.07) is 1.85. The van der Waals surface area contributed by atoms with Gasteiger partial charge in [0, 0.05) is 5.92 Å². The molecule has 0 saturated carbocycles. The van der Waals surface area contributed by atoms with E-state index in [2.05, 4.69) is 15.3 Å². The first kappa shape index (κ1) is 9.59. The molecule has 0 aromatic carbocycles. The first-order valence-corrected chi connectivity index (χ1v) is 5.55. The number of oxazole rings is 1. The van der Waals surface area contributed by atoms with Crippen LogP contribution in [-0.4, -0.2) is 23.1 Å². The minimum absolute atomic E-state index is 0.441. The van der Waals surface area contributed by atoms with Crippen molar-refractivity contribution in [2.75, 3.05) is 18.8 Å². The summed E-state index contributed by atoms with van der Waals surface area (Å²) in [6.45, 7) is 2.06. The third-order valence-corrected chi connectivity index (χ3v) is 3.11. The Hall–Kier alpha value is -1.62. The summed E-state index contributed by atoms with van der Waals surface area (Å²) in [4.78, 5) is 8.52. The summed E-state index contributed by atoms with van der Waals surface area (Å²) < 4.78 is 5.21. The number of aromatic nitrogens is 2. The zero-order chi connectivity index (χ0) is 11.0. The minimum Gasteiger partial charge on any atom is -0.425 e. The highest BCUT2D eigenvalue weighted by Gasteiger charge is 2.20. The lowest BCUT2D eigenvalue weighted by molar-refractivity contribution is 0.453. The second-order valence-electron chi connectivity index (χ2n) is 4.16. The quantitative estimate of drug-likeness (QED) is 0.753. The van der Waals surface area contributed by atoms with Crippen LogP contribution in [0.25, 0.3) is 11.2 Å². The van der Waals surface area contributed by atoms with Crippen LogP contribution in [0.15, 0.2) is 16.9 Å². The maximum atomic E-state index is 6.01. The lowest BCUT2D eigenvalue weighted by Gasteiger charge is -2.22. The summed E-state index contributed by atoms with van der Waals surface area (Å²) in [5.41, 5.74) is 9.02. The Morgan fingerprint density at radius 3 is 3.00 bits per heavy atom. The summed E-state index contributed by atoms with van der Waals surface area (Å²) in [6.07, 6.45) is 3.57. The molecule has 1 aliphatic rings. The zero-order valence-electron chi connectivity index (χ0n) is 8.94. The smallest absolute Gasteiger partial charge is 0.247 e. The van der Waals surface area contributed by atoms with E-state index >= 15 is 0 Å². The van der Waals surface area contributed by atoms with Crippen molar-refractivity contribution in [2.45, 2.75) is 18.8 Å². The van der Waals surface area contributed by atoms with Crippen molar-refractivity contribution in [3.63, 3.8) is 0 Å². The van der Waals surface area contributed by atoms with Gasteiger partial charge in [-0.3, -0.25) is 0 Å². The standard InChI is InChI=1S/C11H14N4O/c12-8-5-9-11(16-6-14-9)15-10(8)7-1-3-13-4-2-7/h5-7,13H,1-4,12H2. The molecule has 0 radical (unpaired) electrons. The second kappa shape index (κ2) is 3.75. The average molecular weight is 218 g/mol. The monoisotopic (exact) mass is 218 g/mol. The number of anilines is 1. The van der Waals surface area contributed by atoms with E-state index in [0.29, 0.717) is 11.6 Å². The predicted octanol–water partition coefficient (Wildman–Crippen LogP) is 1.27. The third-order valence-electron chi connectivity index (χ3n) is 3.11. The van der Waals surface area contributed by atoms with E-state index in [-0.39, 0.29) is 0 Å². The van der Waals surface area contributed by atoms with Gasteiger partial charge in [-0.15, -0.1) is 0 Å². The van der Waals surface area contributed by atoms with Gasteiger partial charge >= 0.3 is 0 Å². The van der Waals surface area contributed by atoms with Gasteiger partial charge in [0.2, 0.25) is 5.71 Å². The van der Waals surface area contributed by atoms with Crippen LogP contribution in [0.1, 0.15) is 24.5 Å². The van der Waals surface area contributed by atoms with Gasteiger partial charge in [-0.25, -0.2) is 9.97 Å². The molecule has 0 aliphatic carbocycles. The molecule has 0 bridgehead atoms. The largest absolute Gasteiger partial charge is 0.425 e. The van der Waals surface area contributed by atoms with E-state index in [0.717, 1.165) is 42.8 Å². The lowest BCUT2D eigenvalue weighted by Crippen LogP contribution is -2.27. The maximum absolute atomic E-state index is 6.01. The molecule has 2 aromatic rings. The van der Waals surface area contributed by atoms with Gasteiger partial charge in [0.1, 0.15) is 5.52 Å². The van der Waals surface area contributed by atoms with Crippen LogP contribution < -0.4 is 11.1 Å². The fourth-order valence-corrected chi connectivity index (χ4v) is 2.25. The number of piperidine rings is 1. The maximum Gasteiger partial charge on any atom is 0.247 e. The number of nitrogen functional groups attached to an aromatic ring is 1. The number of nitrogens with zero attached hydrogens (tertiary/aromatic N) is 2. The summed E-state index contributed by atoms with van der Waals surface area (Å²) in [7, 11) is 0. The molecule has 5 heteroatoms. The van der Waals surface area contributed by atoms with Crippen molar-refractivity contribution in [3.8, 4) is 0 Å². The summed E-state index contributed by atoms with van der Waals surface area (Å²) >= 11 is 0. The van der Waals surface area contributed by atoms with Crippen LogP contribution in [0.2, 0.25) is 0 Å². The fourth-order valence-electron chi connectivity index (χ4n) is 2.25. The van der Waals surface area contributed by atoms with Crippen molar-refractivity contribution in [1.29, 1.82) is 0 Å². The molecule has 1 fully saturated rings. The molecule has 2 aromatic heterocycles. The molecule has 0 atom stereocenters. The topological polar surface area (TPSA) is 77.0 Å². The number of hydrogen-bond donors (Lipinski definition) is 2. The Morgan fingerprint density at radius 1 is 1.38 bits per heavy atom. The molecule has 0 spiro atoms. The molecule has 3 rings (SSSR count). The zero-order valence-corrected chi connectivity index (χ0v) is 8.94. The van der Waals surface area contributed by atoms with Gasteiger partial charge in [-0.05, 0) is 32.0 Å². The van der Waals surface area contributed by atoms with E-state index in [9.17, 15) is 0 Å². The van der Waals surface area contributed by atoms with Crippen LogP contribution in [0, 0.1) is 0 Å². The number of fused-ring (bicyclic) bond motifs is 1. The molecule has 1 saturated heterocycles. The molecule has 3 N–H and O–H groups in total. The summed E-state index contributed by atoms with van der Waals surface area (Å²) in [5, 5.41) is 3.33. The lowest BCUT2D eigenvalue weighted by atomic mass is 9.93. The van der Waals surface area contributed by atoms with E-state index < -0.39 is 0 Å². The first-order valence-electron chi connectivity index (χ1n) is 5.55. The summed E-state index contributed by atoms with van der Waals surface area (Å²) in [5.74, 6) is 0.441. The first-order chi connectivity index (χ1) is 7.84. The molecular formula is C11H14N4O. The van der Waals surface area contributed by atoms with Crippen LogP contribution in [0.4, 0.5) is 5.69 Å². The highest BCUT2D eigenvalue weighted by molar-refractivity contribution is 5.73. The number of nitrogens with one attached hydrogen (secondary N) is 1. The number of hydrogen-bond acceptors (Lipinski definition) is 5. The molecule has 0 unspecified atom stereocenters. The van der Waals surface area contributed by atoms with E-state index in [1.807, 2.05) is 6.07 Å². The highest BCUT2D eigenvalue weighted by Crippen LogP contribution is 2.29. The molecule has 0 amide bonds. The van der Waals surface area contributed by atoms with Crippen LogP contribution in [0.3, 0.4) is 0 Å².